The van der Waals surface area contributed by atoms with Gasteiger partial charge in [-0.25, -0.2) is 0 Å². The molecular weight excluding hydrogens is 506 g/mol. The predicted octanol–water partition coefficient (Wildman–Crippen LogP) is 6.27. The lowest BCUT2D eigenvalue weighted by atomic mass is 10.0. The van der Waals surface area contributed by atoms with Crippen molar-refractivity contribution in [1.29, 1.82) is 0 Å². The number of carbonyl (C=O) groups is 4. The van der Waals surface area contributed by atoms with Gasteiger partial charge in [0.2, 0.25) is 11.8 Å². The molecule has 0 bridgehead atoms. The molecule has 8 nitrogen and oxygen atoms in total. The van der Waals surface area contributed by atoms with Gasteiger partial charge < -0.3 is 15.0 Å². The van der Waals surface area contributed by atoms with Crippen LogP contribution in [-0.4, -0.2) is 46.8 Å². The second kappa shape index (κ2) is 15.8. The van der Waals surface area contributed by atoms with E-state index in [-0.39, 0.29) is 35.7 Å². The summed E-state index contributed by atoms with van der Waals surface area (Å²) >= 11 is 0. The Bertz CT molecular complexity index is 1020. The van der Waals surface area contributed by atoms with Crippen molar-refractivity contribution in [2.45, 2.75) is 135 Å². The third-order valence-electron chi connectivity index (χ3n) is 7.63. The molecule has 1 aromatic rings. The average Bonchev–Trinajstić information content (AvgIpc) is 3.22. The van der Waals surface area contributed by atoms with Gasteiger partial charge in [-0.3, -0.25) is 24.5 Å². The Kier molecular flexibility index (Phi) is 12.5. The van der Waals surface area contributed by atoms with Crippen molar-refractivity contribution in [1.82, 2.24) is 10.2 Å². The first kappa shape index (κ1) is 31.6. The van der Waals surface area contributed by atoms with Gasteiger partial charge in [-0.05, 0) is 52.2 Å². The van der Waals surface area contributed by atoms with Crippen molar-refractivity contribution in [3.8, 4) is 0 Å². The van der Waals surface area contributed by atoms with E-state index >= 15 is 0 Å². The number of amides is 3. The van der Waals surface area contributed by atoms with Gasteiger partial charge >= 0.3 is 5.97 Å². The van der Waals surface area contributed by atoms with Gasteiger partial charge in [0.15, 0.2) is 0 Å². The number of piperidine rings is 1. The lowest BCUT2D eigenvalue weighted by Crippen LogP contribution is -2.52. The van der Waals surface area contributed by atoms with Crippen molar-refractivity contribution in [2.75, 3.05) is 11.9 Å². The molecule has 0 radical (unpaired) electrons. The molecular formula is C32H49N3O5. The summed E-state index contributed by atoms with van der Waals surface area (Å²) in [5, 5.41) is 5.86. The zero-order valence-electron chi connectivity index (χ0n) is 24.8. The first-order valence-corrected chi connectivity index (χ1v) is 15.4. The highest BCUT2D eigenvalue weighted by atomic mass is 16.6. The van der Waals surface area contributed by atoms with Crippen LogP contribution in [0.5, 0.6) is 0 Å². The lowest BCUT2D eigenvalue weighted by molar-refractivity contribution is -0.155. The molecule has 2 N–H and O–H groups in total. The van der Waals surface area contributed by atoms with Crippen molar-refractivity contribution >= 4 is 29.4 Å². The Balaban J connectivity index is 1.19. The van der Waals surface area contributed by atoms with Gasteiger partial charge in [0.05, 0.1) is 0 Å². The maximum atomic E-state index is 13.0. The Morgan fingerprint density at radius 3 is 2.12 bits per heavy atom. The number of carbonyl (C=O) groups excluding carboxylic acids is 4. The number of ether oxygens (including phenoxy) is 1. The number of fused-ring (bicyclic) bond motifs is 1. The molecule has 0 spiro atoms. The summed E-state index contributed by atoms with van der Waals surface area (Å²) in [5.41, 5.74) is 2.17. The molecule has 2 aliphatic rings. The summed E-state index contributed by atoms with van der Waals surface area (Å²) in [7, 11) is 0. The smallest absolute Gasteiger partial charge is 0.306 e. The number of nitrogens with one attached hydrogen (secondary N) is 2. The minimum absolute atomic E-state index is 0.0817. The van der Waals surface area contributed by atoms with Gasteiger partial charge in [-0.15, -0.1) is 0 Å². The van der Waals surface area contributed by atoms with Gasteiger partial charge in [0.25, 0.3) is 5.91 Å². The van der Waals surface area contributed by atoms with Crippen LogP contribution in [0.25, 0.3) is 0 Å². The molecule has 1 aromatic carbocycles. The highest BCUT2D eigenvalue weighted by Crippen LogP contribution is 2.32. The van der Waals surface area contributed by atoms with Crippen molar-refractivity contribution in [2.24, 2.45) is 0 Å². The van der Waals surface area contributed by atoms with Crippen molar-refractivity contribution in [3.63, 3.8) is 0 Å². The van der Waals surface area contributed by atoms with E-state index in [4.69, 9.17) is 4.74 Å². The molecule has 3 rings (SSSR count). The van der Waals surface area contributed by atoms with Gasteiger partial charge in [-0.2, -0.15) is 0 Å². The lowest BCUT2D eigenvalue weighted by Gasteiger charge is -2.29. The van der Waals surface area contributed by atoms with Crippen LogP contribution in [0.2, 0.25) is 0 Å². The van der Waals surface area contributed by atoms with E-state index in [0.29, 0.717) is 24.9 Å². The zero-order valence-corrected chi connectivity index (χ0v) is 24.8. The first-order chi connectivity index (χ1) is 19.2. The maximum absolute atomic E-state index is 13.0. The number of hydrogen-bond donors (Lipinski definition) is 2. The second-order valence-corrected chi connectivity index (χ2v) is 12.2. The van der Waals surface area contributed by atoms with E-state index in [9.17, 15) is 19.2 Å². The average molecular weight is 556 g/mol. The van der Waals surface area contributed by atoms with Gasteiger partial charge in [0, 0.05) is 42.7 Å². The van der Waals surface area contributed by atoms with Crippen LogP contribution in [0.4, 0.5) is 5.69 Å². The Hall–Kier alpha value is -2.90. The highest BCUT2D eigenvalue weighted by molar-refractivity contribution is 6.06. The van der Waals surface area contributed by atoms with E-state index in [2.05, 4.69) is 10.6 Å². The van der Waals surface area contributed by atoms with Crippen LogP contribution in [0, 0.1) is 0 Å². The largest absolute Gasteiger partial charge is 0.460 e. The monoisotopic (exact) mass is 555 g/mol. The minimum atomic E-state index is -0.582. The highest BCUT2D eigenvalue weighted by Gasteiger charge is 2.39. The standard InChI is InChI=1S/C32H49N3O5/c1-32(2,3)40-29(37)19-14-12-10-8-6-4-5-7-9-11-13-15-22-33-26-18-16-17-24-25(26)23-35(31(24)39)27-20-21-28(36)34-30(27)38/h16-18,27,33H,4-15,19-23H2,1-3H3,(H,34,36,38). The number of hydrogen-bond acceptors (Lipinski definition) is 6. The van der Waals surface area contributed by atoms with Crippen LogP contribution >= 0.6 is 0 Å². The molecule has 1 saturated heterocycles. The fraction of sp³-hybridized carbons (Fsp3) is 0.688. The molecule has 3 amide bonds. The van der Waals surface area contributed by atoms with E-state index in [1.807, 2.05) is 39.0 Å². The van der Waals surface area contributed by atoms with Crippen molar-refractivity contribution in [3.05, 3.63) is 29.3 Å². The number of nitrogens with zero attached hydrogens (tertiary/aromatic N) is 1. The molecule has 0 aromatic heterocycles. The molecule has 222 valence electrons. The summed E-state index contributed by atoms with van der Waals surface area (Å²) < 4.78 is 5.34. The molecule has 40 heavy (non-hydrogen) atoms. The Morgan fingerprint density at radius 1 is 0.925 bits per heavy atom. The molecule has 1 atom stereocenters. The molecule has 2 aliphatic heterocycles. The van der Waals surface area contributed by atoms with Gasteiger partial charge in [0.1, 0.15) is 11.6 Å². The fourth-order valence-corrected chi connectivity index (χ4v) is 5.53. The number of imide groups is 1. The number of benzene rings is 1. The normalized spacial score (nSPS) is 17.1. The quantitative estimate of drug-likeness (QED) is 0.133. The Morgan fingerprint density at radius 2 is 1.52 bits per heavy atom. The molecule has 0 saturated carbocycles. The third kappa shape index (κ3) is 10.3. The molecule has 1 fully saturated rings. The number of rotatable bonds is 17. The van der Waals surface area contributed by atoms with E-state index in [1.54, 1.807) is 4.90 Å². The van der Waals surface area contributed by atoms with Crippen LogP contribution in [0.15, 0.2) is 18.2 Å². The van der Waals surface area contributed by atoms with E-state index in [1.165, 1.54) is 57.8 Å². The van der Waals surface area contributed by atoms with Crippen LogP contribution < -0.4 is 10.6 Å². The number of unbranched alkanes of at least 4 members (excludes halogenated alkanes) is 11. The SMILES string of the molecule is CC(C)(C)OC(=O)CCCCCCCCCCCCCCNc1cccc2c1CN(C1CCC(=O)NC1=O)C2=O. The molecule has 2 heterocycles. The first-order valence-electron chi connectivity index (χ1n) is 15.4. The second-order valence-electron chi connectivity index (χ2n) is 12.2. The topological polar surface area (TPSA) is 105 Å². The summed E-state index contributed by atoms with van der Waals surface area (Å²) in [5.74, 6) is -0.861. The third-order valence-corrected chi connectivity index (χ3v) is 7.63. The van der Waals surface area contributed by atoms with Crippen molar-refractivity contribution < 1.29 is 23.9 Å². The minimum Gasteiger partial charge on any atom is -0.460 e. The summed E-state index contributed by atoms with van der Waals surface area (Å²) in [6.45, 7) is 6.98. The molecule has 1 unspecified atom stereocenters. The van der Waals surface area contributed by atoms with Crippen LogP contribution in [-0.2, 0) is 25.7 Å². The summed E-state index contributed by atoms with van der Waals surface area (Å²) in [6.07, 6.45) is 15.6. The number of anilines is 1. The van der Waals surface area contributed by atoms with Crippen LogP contribution in [0.3, 0.4) is 0 Å². The molecule has 0 aliphatic carbocycles. The Labute approximate surface area is 240 Å². The summed E-state index contributed by atoms with van der Waals surface area (Å²) in [6, 6.07) is 5.13. The molecule has 8 heteroatoms. The maximum Gasteiger partial charge on any atom is 0.306 e. The summed E-state index contributed by atoms with van der Waals surface area (Å²) in [4.78, 5) is 50.0. The predicted molar refractivity (Wildman–Crippen MR) is 157 cm³/mol. The fourth-order valence-electron chi connectivity index (χ4n) is 5.53. The van der Waals surface area contributed by atoms with Gasteiger partial charge in [-0.1, -0.05) is 70.3 Å². The van der Waals surface area contributed by atoms with E-state index in [0.717, 1.165) is 37.1 Å². The van der Waals surface area contributed by atoms with E-state index < -0.39 is 6.04 Å². The zero-order chi connectivity index (χ0) is 29.0. The van der Waals surface area contributed by atoms with Crippen LogP contribution in [0.1, 0.15) is 133 Å². The number of esters is 1.